The zero-order valence-corrected chi connectivity index (χ0v) is 12.1. The summed E-state index contributed by atoms with van der Waals surface area (Å²) >= 11 is 0. The molecule has 2 aromatic rings. The highest BCUT2D eigenvalue weighted by atomic mass is 15.3. The first kappa shape index (κ1) is 14.8. The second kappa shape index (κ2) is 7.22. The molecule has 0 fully saturated rings. The fraction of sp³-hybridized carbons (Fsp3) is 0.438. The lowest BCUT2D eigenvalue weighted by atomic mass is 9.91. The van der Waals surface area contributed by atoms with Crippen LogP contribution in [-0.2, 0) is 0 Å². The molecule has 1 heterocycles. The number of hydrogen-bond donors (Lipinski definition) is 2. The van der Waals surface area contributed by atoms with Crippen LogP contribution in [-0.4, -0.2) is 22.4 Å². The molecule has 4 nitrogen and oxygen atoms in total. The normalized spacial score (nSPS) is 14.2. The number of aromatic nitrogens is 2. The van der Waals surface area contributed by atoms with Crippen LogP contribution in [0.2, 0.25) is 0 Å². The molecule has 2 unspecified atom stereocenters. The Hall–Kier alpha value is -1.65. The molecular weight excluding hydrogens is 248 g/mol. The molecule has 0 aliphatic heterocycles. The monoisotopic (exact) mass is 272 g/mol. The quantitative estimate of drug-likeness (QED) is 0.813. The molecule has 0 saturated heterocycles. The van der Waals surface area contributed by atoms with Crippen LogP contribution in [0.4, 0.5) is 0 Å². The maximum atomic E-state index is 6.28. The summed E-state index contributed by atoms with van der Waals surface area (Å²) in [5.74, 6) is 0.180. The van der Waals surface area contributed by atoms with E-state index in [0.29, 0.717) is 6.54 Å². The summed E-state index contributed by atoms with van der Waals surface area (Å²) in [6, 6.07) is 10.2. The zero-order valence-electron chi connectivity index (χ0n) is 12.1. The van der Waals surface area contributed by atoms with Crippen molar-refractivity contribution in [2.75, 3.05) is 6.54 Å². The molecule has 0 radical (unpaired) electrons. The summed E-state index contributed by atoms with van der Waals surface area (Å²) in [4.78, 5) is 0. The summed E-state index contributed by atoms with van der Waals surface area (Å²) in [6.45, 7) is 2.74. The van der Waals surface area contributed by atoms with Crippen molar-refractivity contribution in [3.63, 3.8) is 0 Å². The largest absolute Gasteiger partial charge is 0.330 e. The minimum atomic E-state index is 0.105. The third-order valence-corrected chi connectivity index (χ3v) is 3.71. The average molecular weight is 272 g/mol. The maximum absolute atomic E-state index is 6.28. The van der Waals surface area contributed by atoms with Crippen LogP contribution in [0.5, 0.6) is 0 Å². The van der Waals surface area contributed by atoms with Gasteiger partial charge in [0.15, 0.2) is 0 Å². The Kier molecular flexibility index (Phi) is 5.32. The van der Waals surface area contributed by atoms with Gasteiger partial charge in [-0.2, -0.15) is 5.10 Å². The molecular formula is C16H24N4. The Morgan fingerprint density at radius 2 is 2.00 bits per heavy atom. The molecule has 0 amide bonds. The second-order valence-electron chi connectivity index (χ2n) is 5.20. The molecule has 0 saturated carbocycles. The smallest absolute Gasteiger partial charge is 0.0645 e. The fourth-order valence-corrected chi connectivity index (χ4v) is 2.45. The van der Waals surface area contributed by atoms with Gasteiger partial charge in [0.25, 0.3) is 0 Å². The van der Waals surface area contributed by atoms with Gasteiger partial charge in [-0.1, -0.05) is 38.0 Å². The summed E-state index contributed by atoms with van der Waals surface area (Å²) in [6.07, 6.45) is 7.24. The third-order valence-electron chi connectivity index (χ3n) is 3.71. The Morgan fingerprint density at radius 3 is 2.65 bits per heavy atom. The minimum absolute atomic E-state index is 0.105. The van der Waals surface area contributed by atoms with E-state index < -0.39 is 0 Å². The number of para-hydroxylation sites is 1. The molecule has 0 aliphatic carbocycles. The highest BCUT2D eigenvalue weighted by Gasteiger charge is 2.19. The van der Waals surface area contributed by atoms with Crippen molar-refractivity contribution in [1.82, 2.24) is 9.78 Å². The Balaban J connectivity index is 2.14. The first-order chi connectivity index (χ1) is 9.76. The van der Waals surface area contributed by atoms with E-state index in [2.05, 4.69) is 12.0 Å². The standard InChI is InChI=1S/C16H24N4/c1-2-3-9-16(18)15(10-17)13-11-19-20(12-13)14-7-5-4-6-8-14/h4-8,11-12,15-16H,2-3,9-10,17-18H2,1H3. The number of unbranched alkanes of at least 4 members (excludes halogenated alkanes) is 1. The van der Waals surface area contributed by atoms with Crippen molar-refractivity contribution in [3.8, 4) is 5.69 Å². The maximum Gasteiger partial charge on any atom is 0.0645 e. The average Bonchev–Trinajstić information content (AvgIpc) is 2.96. The fourth-order valence-electron chi connectivity index (χ4n) is 2.45. The lowest BCUT2D eigenvalue weighted by Gasteiger charge is -2.21. The predicted molar refractivity (Wildman–Crippen MR) is 82.9 cm³/mol. The molecule has 0 spiro atoms. The van der Waals surface area contributed by atoms with Gasteiger partial charge in [-0.05, 0) is 24.1 Å². The first-order valence-electron chi connectivity index (χ1n) is 7.32. The van der Waals surface area contributed by atoms with E-state index in [1.807, 2.05) is 47.4 Å². The van der Waals surface area contributed by atoms with E-state index in [-0.39, 0.29) is 12.0 Å². The van der Waals surface area contributed by atoms with Crippen molar-refractivity contribution in [2.45, 2.75) is 38.1 Å². The van der Waals surface area contributed by atoms with Gasteiger partial charge in [0, 0.05) is 24.7 Å². The van der Waals surface area contributed by atoms with Gasteiger partial charge >= 0.3 is 0 Å². The van der Waals surface area contributed by atoms with Crippen molar-refractivity contribution in [2.24, 2.45) is 11.5 Å². The lowest BCUT2D eigenvalue weighted by Crippen LogP contribution is -2.33. The second-order valence-corrected chi connectivity index (χ2v) is 5.20. The summed E-state index contributed by atoms with van der Waals surface area (Å²) in [5, 5.41) is 4.42. The van der Waals surface area contributed by atoms with E-state index in [1.54, 1.807) is 0 Å². The van der Waals surface area contributed by atoms with Crippen LogP contribution in [0.3, 0.4) is 0 Å². The highest BCUT2D eigenvalue weighted by molar-refractivity contribution is 5.31. The van der Waals surface area contributed by atoms with Crippen LogP contribution in [0.15, 0.2) is 42.7 Å². The van der Waals surface area contributed by atoms with Crippen LogP contribution in [0.1, 0.15) is 37.7 Å². The Morgan fingerprint density at radius 1 is 1.25 bits per heavy atom. The number of hydrogen-bond acceptors (Lipinski definition) is 3. The van der Waals surface area contributed by atoms with Crippen molar-refractivity contribution >= 4 is 0 Å². The molecule has 4 N–H and O–H groups in total. The Labute approximate surface area is 120 Å². The van der Waals surface area contributed by atoms with Crippen molar-refractivity contribution in [3.05, 3.63) is 48.3 Å². The van der Waals surface area contributed by atoms with E-state index in [0.717, 1.165) is 30.5 Å². The van der Waals surface area contributed by atoms with E-state index >= 15 is 0 Å². The predicted octanol–water partition coefficient (Wildman–Crippen LogP) is 2.43. The van der Waals surface area contributed by atoms with E-state index in [4.69, 9.17) is 11.5 Å². The molecule has 0 aliphatic rings. The molecule has 1 aromatic heterocycles. The number of nitrogens with two attached hydrogens (primary N) is 2. The first-order valence-corrected chi connectivity index (χ1v) is 7.32. The van der Waals surface area contributed by atoms with Gasteiger partial charge in [-0.3, -0.25) is 0 Å². The van der Waals surface area contributed by atoms with E-state index in [1.165, 1.54) is 0 Å². The van der Waals surface area contributed by atoms with Crippen LogP contribution in [0.25, 0.3) is 5.69 Å². The van der Waals surface area contributed by atoms with Crippen molar-refractivity contribution in [1.29, 1.82) is 0 Å². The summed E-state index contributed by atoms with van der Waals surface area (Å²) in [5.41, 5.74) is 14.4. The van der Waals surface area contributed by atoms with Gasteiger partial charge in [0.1, 0.15) is 0 Å². The summed E-state index contributed by atoms with van der Waals surface area (Å²) < 4.78 is 1.88. The number of benzene rings is 1. The van der Waals surface area contributed by atoms with Crippen molar-refractivity contribution < 1.29 is 0 Å². The molecule has 20 heavy (non-hydrogen) atoms. The zero-order chi connectivity index (χ0) is 14.4. The van der Waals surface area contributed by atoms with Crippen LogP contribution in [0, 0.1) is 0 Å². The highest BCUT2D eigenvalue weighted by Crippen LogP contribution is 2.21. The molecule has 108 valence electrons. The minimum Gasteiger partial charge on any atom is -0.330 e. The van der Waals surface area contributed by atoms with Gasteiger partial charge in [-0.15, -0.1) is 0 Å². The SMILES string of the molecule is CCCCC(N)C(CN)c1cnn(-c2ccccc2)c1. The van der Waals surface area contributed by atoms with Crippen LogP contribution >= 0.6 is 0 Å². The van der Waals surface area contributed by atoms with Gasteiger partial charge in [0.2, 0.25) is 0 Å². The molecule has 4 heteroatoms. The van der Waals surface area contributed by atoms with Gasteiger partial charge in [0.05, 0.1) is 11.9 Å². The summed E-state index contributed by atoms with van der Waals surface area (Å²) in [7, 11) is 0. The number of nitrogens with zero attached hydrogens (tertiary/aromatic N) is 2. The lowest BCUT2D eigenvalue weighted by molar-refractivity contribution is 0.487. The topological polar surface area (TPSA) is 69.9 Å². The van der Waals surface area contributed by atoms with E-state index in [9.17, 15) is 0 Å². The molecule has 2 rings (SSSR count). The molecule has 0 bridgehead atoms. The molecule has 2 atom stereocenters. The van der Waals surface area contributed by atoms with Gasteiger partial charge in [-0.25, -0.2) is 4.68 Å². The third kappa shape index (κ3) is 3.46. The van der Waals surface area contributed by atoms with Crippen LogP contribution < -0.4 is 11.5 Å². The Bertz CT molecular complexity index is 506. The number of rotatable bonds is 7. The molecule has 1 aromatic carbocycles. The van der Waals surface area contributed by atoms with Gasteiger partial charge < -0.3 is 11.5 Å².